The van der Waals surface area contributed by atoms with Gasteiger partial charge in [0.05, 0.1) is 12.7 Å². The minimum Gasteiger partial charge on any atom is -0.377 e. The van der Waals surface area contributed by atoms with Crippen molar-refractivity contribution in [3.8, 4) is 0 Å². The quantitative estimate of drug-likeness (QED) is 0.648. The van der Waals surface area contributed by atoms with Gasteiger partial charge in [-0.1, -0.05) is 6.92 Å². The van der Waals surface area contributed by atoms with Gasteiger partial charge in [0.15, 0.2) is 0 Å². The van der Waals surface area contributed by atoms with Crippen LogP contribution in [0.2, 0.25) is 0 Å². The fourth-order valence-corrected chi connectivity index (χ4v) is 2.04. The zero-order chi connectivity index (χ0) is 10.6. The molecule has 0 unspecified atom stereocenters. The molecule has 0 radical (unpaired) electrons. The molecular formula is C12H24N2O. The summed E-state index contributed by atoms with van der Waals surface area (Å²) in [5.74, 6) is 0. The van der Waals surface area contributed by atoms with Crippen LogP contribution in [0.25, 0.3) is 0 Å². The maximum Gasteiger partial charge on any atom is 0.0600 e. The zero-order valence-corrected chi connectivity index (χ0v) is 9.85. The second-order valence-corrected chi connectivity index (χ2v) is 5.31. The molecule has 1 saturated heterocycles. The van der Waals surface area contributed by atoms with Crippen LogP contribution in [0.1, 0.15) is 32.6 Å². The maximum absolute atomic E-state index is 5.82. The van der Waals surface area contributed by atoms with Gasteiger partial charge in [0.1, 0.15) is 0 Å². The molecule has 1 heterocycles. The molecule has 2 rings (SSSR count). The third kappa shape index (κ3) is 4.09. The van der Waals surface area contributed by atoms with Crippen LogP contribution in [0.15, 0.2) is 0 Å². The molecule has 0 bridgehead atoms. The summed E-state index contributed by atoms with van der Waals surface area (Å²) in [6.07, 6.45) is 5.66. The number of hydrogen-bond donors (Lipinski definition) is 2. The van der Waals surface area contributed by atoms with Crippen LogP contribution < -0.4 is 10.6 Å². The number of piperidine rings is 1. The Morgan fingerprint density at radius 2 is 2.07 bits per heavy atom. The smallest absolute Gasteiger partial charge is 0.0600 e. The van der Waals surface area contributed by atoms with Crippen LogP contribution in [0.4, 0.5) is 0 Å². The molecule has 3 nitrogen and oxygen atoms in total. The van der Waals surface area contributed by atoms with E-state index in [4.69, 9.17) is 4.74 Å². The van der Waals surface area contributed by atoms with Crippen molar-refractivity contribution >= 4 is 0 Å². The average molecular weight is 212 g/mol. The highest BCUT2D eigenvalue weighted by molar-refractivity contribution is 4.90. The average Bonchev–Trinajstić information content (AvgIpc) is 2.98. The van der Waals surface area contributed by atoms with Gasteiger partial charge in [-0.15, -0.1) is 0 Å². The van der Waals surface area contributed by atoms with Gasteiger partial charge in [0.2, 0.25) is 0 Å². The summed E-state index contributed by atoms with van der Waals surface area (Å²) in [4.78, 5) is 0. The van der Waals surface area contributed by atoms with Gasteiger partial charge in [0.25, 0.3) is 0 Å². The van der Waals surface area contributed by atoms with Gasteiger partial charge < -0.3 is 15.4 Å². The van der Waals surface area contributed by atoms with Crippen LogP contribution in [0.5, 0.6) is 0 Å². The van der Waals surface area contributed by atoms with Crippen molar-refractivity contribution in [1.29, 1.82) is 0 Å². The second-order valence-electron chi connectivity index (χ2n) is 5.31. The SMILES string of the molecule is CC1(CNCCOC2CCNCC2)CC1. The molecule has 2 N–H and O–H groups in total. The standard InChI is InChI=1S/C12H24N2O/c1-12(4-5-12)10-14-8-9-15-11-2-6-13-7-3-11/h11,13-14H,2-10H2,1H3. The summed E-state index contributed by atoms with van der Waals surface area (Å²) in [5.41, 5.74) is 0.620. The first-order chi connectivity index (χ1) is 7.29. The van der Waals surface area contributed by atoms with E-state index in [-0.39, 0.29) is 0 Å². The van der Waals surface area contributed by atoms with Gasteiger partial charge >= 0.3 is 0 Å². The Morgan fingerprint density at radius 1 is 1.33 bits per heavy atom. The highest BCUT2D eigenvalue weighted by atomic mass is 16.5. The molecule has 15 heavy (non-hydrogen) atoms. The molecule has 2 aliphatic rings. The molecule has 3 heteroatoms. The Labute approximate surface area is 93.0 Å². The molecule has 0 aromatic carbocycles. The van der Waals surface area contributed by atoms with E-state index in [0.29, 0.717) is 11.5 Å². The lowest BCUT2D eigenvalue weighted by atomic mass is 10.1. The molecule has 88 valence electrons. The van der Waals surface area contributed by atoms with Crippen LogP contribution in [0, 0.1) is 5.41 Å². The van der Waals surface area contributed by atoms with Gasteiger partial charge in [-0.25, -0.2) is 0 Å². The van der Waals surface area contributed by atoms with E-state index in [2.05, 4.69) is 17.6 Å². The lowest BCUT2D eigenvalue weighted by molar-refractivity contribution is 0.0345. The highest BCUT2D eigenvalue weighted by Gasteiger charge is 2.36. The number of hydrogen-bond acceptors (Lipinski definition) is 3. The summed E-state index contributed by atoms with van der Waals surface area (Å²) in [6.45, 7) is 7.66. The fourth-order valence-electron chi connectivity index (χ4n) is 2.04. The predicted molar refractivity (Wildman–Crippen MR) is 62.1 cm³/mol. The van der Waals surface area contributed by atoms with E-state index >= 15 is 0 Å². The molecular weight excluding hydrogens is 188 g/mol. The Kier molecular flexibility index (Phi) is 4.00. The summed E-state index contributed by atoms with van der Waals surface area (Å²) < 4.78 is 5.82. The third-order valence-corrected chi connectivity index (χ3v) is 3.57. The van der Waals surface area contributed by atoms with Crippen LogP contribution >= 0.6 is 0 Å². The zero-order valence-electron chi connectivity index (χ0n) is 9.85. The van der Waals surface area contributed by atoms with Crippen molar-refractivity contribution in [3.63, 3.8) is 0 Å². The monoisotopic (exact) mass is 212 g/mol. The van der Waals surface area contributed by atoms with E-state index in [1.54, 1.807) is 0 Å². The number of nitrogens with one attached hydrogen (secondary N) is 2. The molecule has 1 aliphatic heterocycles. The van der Waals surface area contributed by atoms with Gasteiger partial charge in [0, 0.05) is 13.1 Å². The van der Waals surface area contributed by atoms with Crippen LogP contribution in [-0.4, -0.2) is 38.9 Å². The molecule has 2 fully saturated rings. The first kappa shape index (κ1) is 11.4. The Morgan fingerprint density at radius 3 is 2.73 bits per heavy atom. The molecule has 0 spiro atoms. The summed E-state index contributed by atoms with van der Waals surface area (Å²) >= 11 is 0. The van der Waals surface area contributed by atoms with E-state index in [0.717, 1.165) is 26.2 Å². The summed E-state index contributed by atoms with van der Waals surface area (Å²) in [7, 11) is 0. The van der Waals surface area contributed by atoms with E-state index < -0.39 is 0 Å². The lowest BCUT2D eigenvalue weighted by Gasteiger charge is -2.23. The minimum atomic E-state index is 0.504. The number of rotatable bonds is 6. The van der Waals surface area contributed by atoms with Crippen molar-refractivity contribution < 1.29 is 4.74 Å². The van der Waals surface area contributed by atoms with E-state index in [1.807, 2.05) is 0 Å². The summed E-state index contributed by atoms with van der Waals surface area (Å²) in [5, 5.41) is 6.84. The van der Waals surface area contributed by atoms with E-state index in [9.17, 15) is 0 Å². The number of ether oxygens (including phenoxy) is 1. The van der Waals surface area contributed by atoms with E-state index in [1.165, 1.54) is 32.2 Å². The topological polar surface area (TPSA) is 33.3 Å². The largest absolute Gasteiger partial charge is 0.377 e. The lowest BCUT2D eigenvalue weighted by Crippen LogP contribution is -2.34. The normalized spacial score (nSPS) is 25.4. The van der Waals surface area contributed by atoms with Crippen molar-refractivity contribution in [3.05, 3.63) is 0 Å². The first-order valence-corrected chi connectivity index (χ1v) is 6.32. The Hall–Kier alpha value is -0.120. The van der Waals surface area contributed by atoms with Gasteiger partial charge in [-0.2, -0.15) is 0 Å². The molecule has 1 aliphatic carbocycles. The maximum atomic E-state index is 5.82. The molecule has 1 saturated carbocycles. The summed E-state index contributed by atoms with van der Waals surface area (Å²) in [6, 6.07) is 0. The Bertz CT molecular complexity index is 186. The highest BCUT2D eigenvalue weighted by Crippen LogP contribution is 2.43. The molecule has 0 amide bonds. The second kappa shape index (κ2) is 5.28. The van der Waals surface area contributed by atoms with Crippen molar-refractivity contribution in [2.45, 2.75) is 38.7 Å². The van der Waals surface area contributed by atoms with Crippen molar-refractivity contribution in [2.24, 2.45) is 5.41 Å². The van der Waals surface area contributed by atoms with Gasteiger partial charge in [-0.05, 0) is 44.2 Å². The van der Waals surface area contributed by atoms with Gasteiger partial charge in [-0.3, -0.25) is 0 Å². The minimum absolute atomic E-state index is 0.504. The van der Waals surface area contributed by atoms with Crippen LogP contribution in [0.3, 0.4) is 0 Å². The van der Waals surface area contributed by atoms with Crippen molar-refractivity contribution in [2.75, 3.05) is 32.8 Å². The fraction of sp³-hybridized carbons (Fsp3) is 1.00. The first-order valence-electron chi connectivity index (χ1n) is 6.32. The van der Waals surface area contributed by atoms with Crippen molar-refractivity contribution in [1.82, 2.24) is 10.6 Å². The third-order valence-electron chi connectivity index (χ3n) is 3.57. The molecule has 0 aromatic heterocycles. The molecule has 0 atom stereocenters. The Balaban J connectivity index is 1.44. The molecule has 0 aromatic rings. The van der Waals surface area contributed by atoms with Crippen LogP contribution in [-0.2, 0) is 4.74 Å². The predicted octanol–water partition coefficient (Wildman–Crippen LogP) is 1.14.